The zero-order valence-electron chi connectivity index (χ0n) is 8.72. The molecule has 84 valence electrons. The molecule has 1 rings (SSSR count). The monoisotopic (exact) mass is 212 g/mol. The molecular formula is C11H16O4. The topological polar surface area (TPSA) is 58.9 Å². The van der Waals surface area contributed by atoms with Crippen LogP contribution >= 0.6 is 0 Å². The normalized spacial score (nSPS) is 12.5. The van der Waals surface area contributed by atoms with Gasteiger partial charge in [0.1, 0.15) is 18.5 Å². The van der Waals surface area contributed by atoms with Gasteiger partial charge in [-0.2, -0.15) is 0 Å². The van der Waals surface area contributed by atoms with Crippen molar-refractivity contribution in [3.05, 3.63) is 29.8 Å². The van der Waals surface area contributed by atoms with Crippen molar-refractivity contribution in [3.63, 3.8) is 0 Å². The maximum atomic E-state index is 9.32. The first-order chi connectivity index (χ1) is 7.27. The van der Waals surface area contributed by atoms with Gasteiger partial charge in [-0.1, -0.05) is 12.1 Å². The van der Waals surface area contributed by atoms with Crippen molar-refractivity contribution >= 4 is 0 Å². The van der Waals surface area contributed by atoms with E-state index in [4.69, 9.17) is 14.6 Å². The Hall–Kier alpha value is -1.10. The zero-order valence-corrected chi connectivity index (χ0v) is 8.72. The molecule has 15 heavy (non-hydrogen) atoms. The summed E-state index contributed by atoms with van der Waals surface area (Å²) in [6, 6.07) is 6.96. The molecule has 0 amide bonds. The fourth-order valence-corrected chi connectivity index (χ4v) is 1.13. The van der Waals surface area contributed by atoms with Gasteiger partial charge in [0.05, 0.1) is 13.2 Å². The van der Waals surface area contributed by atoms with Gasteiger partial charge in [0.2, 0.25) is 0 Å². The molecule has 0 radical (unpaired) electrons. The minimum absolute atomic E-state index is 0.274. The van der Waals surface area contributed by atoms with E-state index in [0.717, 1.165) is 5.75 Å². The van der Waals surface area contributed by atoms with Gasteiger partial charge in [-0.25, -0.2) is 0 Å². The molecule has 4 nitrogen and oxygen atoms in total. The van der Waals surface area contributed by atoms with Crippen molar-refractivity contribution in [2.75, 3.05) is 26.9 Å². The number of hydrogen-bond donors (Lipinski definition) is 2. The Kier molecular flexibility index (Phi) is 5.10. The molecule has 4 heteroatoms. The maximum Gasteiger partial charge on any atom is 0.119 e. The van der Waals surface area contributed by atoms with E-state index in [-0.39, 0.29) is 6.61 Å². The molecule has 1 unspecified atom stereocenters. The van der Waals surface area contributed by atoms with E-state index >= 15 is 0 Å². The van der Waals surface area contributed by atoms with E-state index in [1.807, 2.05) is 0 Å². The second-order valence-electron chi connectivity index (χ2n) is 3.11. The number of methoxy groups -OCH3 is 1. The van der Waals surface area contributed by atoms with Crippen LogP contribution in [-0.4, -0.2) is 37.1 Å². The number of rotatable bonds is 6. The van der Waals surface area contributed by atoms with Crippen LogP contribution in [-0.2, 0) is 4.74 Å². The highest BCUT2D eigenvalue weighted by Gasteiger charge is 2.04. The Morgan fingerprint density at radius 1 is 1.20 bits per heavy atom. The summed E-state index contributed by atoms with van der Waals surface area (Å²) in [5.41, 5.74) is 0.677. The molecule has 0 bridgehead atoms. The molecule has 0 aliphatic heterocycles. The lowest BCUT2D eigenvalue weighted by atomic mass is 10.1. The van der Waals surface area contributed by atoms with Crippen LogP contribution in [0.1, 0.15) is 11.7 Å². The summed E-state index contributed by atoms with van der Waals surface area (Å²) in [4.78, 5) is 0. The van der Waals surface area contributed by atoms with Crippen LogP contribution < -0.4 is 4.74 Å². The largest absolute Gasteiger partial charge is 0.491 e. The molecule has 0 spiro atoms. The van der Waals surface area contributed by atoms with Gasteiger partial charge in [-0.3, -0.25) is 0 Å². The first kappa shape index (κ1) is 12.0. The molecule has 0 aromatic heterocycles. The van der Waals surface area contributed by atoms with Gasteiger partial charge in [0.15, 0.2) is 0 Å². The SMILES string of the molecule is COCCOc1ccc(C(O)CO)cc1. The van der Waals surface area contributed by atoms with E-state index in [2.05, 4.69) is 0 Å². The van der Waals surface area contributed by atoms with Gasteiger partial charge in [-0.15, -0.1) is 0 Å². The summed E-state index contributed by atoms with van der Waals surface area (Å²) in [5, 5.41) is 18.1. The van der Waals surface area contributed by atoms with Crippen molar-refractivity contribution in [3.8, 4) is 5.75 Å². The molecule has 0 fully saturated rings. The van der Waals surface area contributed by atoms with Crippen molar-refractivity contribution < 1.29 is 19.7 Å². The smallest absolute Gasteiger partial charge is 0.119 e. The van der Waals surface area contributed by atoms with Crippen LogP contribution in [0, 0.1) is 0 Å². The van der Waals surface area contributed by atoms with E-state index in [9.17, 15) is 5.11 Å². The van der Waals surface area contributed by atoms with E-state index < -0.39 is 6.10 Å². The molecule has 0 aliphatic carbocycles. The quantitative estimate of drug-likeness (QED) is 0.683. The van der Waals surface area contributed by atoms with Crippen molar-refractivity contribution in [2.24, 2.45) is 0 Å². The maximum absolute atomic E-state index is 9.32. The van der Waals surface area contributed by atoms with E-state index in [0.29, 0.717) is 18.8 Å². The Morgan fingerprint density at radius 3 is 2.40 bits per heavy atom. The minimum atomic E-state index is -0.821. The summed E-state index contributed by atoms with van der Waals surface area (Å²) in [7, 11) is 1.62. The first-order valence-electron chi connectivity index (χ1n) is 4.78. The number of benzene rings is 1. The molecule has 0 aliphatic rings. The molecule has 1 aromatic carbocycles. The van der Waals surface area contributed by atoms with Crippen LogP contribution in [0.2, 0.25) is 0 Å². The van der Waals surface area contributed by atoms with Crippen LogP contribution in [0.25, 0.3) is 0 Å². The number of ether oxygens (including phenoxy) is 2. The second kappa shape index (κ2) is 6.40. The molecular weight excluding hydrogens is 196 g/mol. The first-order valence-corrected chi connectivity index (χ1v) is 4.78. The summed E-state index contributed by atoms with van der Waals surface area (Å²) < 4.78 is 10.2. The fourth-order valence-electron chi connectivity index (χ4n) is 1.13. The lowest BCUT2D eigenvalue weighted by molar-refractivity contribution is 0.0955. The van der Waals surface area contributed by atoms with Crippen LogP contribution in [0.4, 0.5) is 0 Å². The van der Waals surface area contributed by atoms with Crippen LogP contribution in [0.15, 0.2) is 24.3 Å². The van der Waals surface area contributed by atoms with Crippen molar-refractivity contribution in [1.29, 1.82) is 0 Å². The van der Waals surface area contributed by atoms with Crippen molar-refractivity contribution in [2.45, 2.75) is 6.10 Å². The van der Waals surface area contributed by atoms with E-state index in [1.165, 1.54) is 0 Å². The standard InChI is InChI=1S/C11H16O4/c1-14-6-7-15-10-4-2-9(3-5-10)11(13)8-12/h2-5,11-13H,6-8H2,1H3. The summed E-state index contributed by atoms with van der Waals surface area (Å²) >= 11 is 0. The minimum Gasteiger partial charge on any atom is -0.491 e. The van der Waals surface area contributed by atoms with Gasteiger partial charge >= 0.3 is 0 Å². The Morgan fingerprint density at radius 2 is 1.87 bits per heavy atom. The van der Waals surface area contributed by atoms with Crippen LogP contribution in [0.3, 0.4) is 0 Å². The van der Waals surface area contributed by atoms with Gasteiger partial charge < -0.3 is 19.7 Å². The highest BCUT2D eigenvalue weighted by molar-refractivity contribution is 5.28. The molecule has 0 saturated carbocycles. The van der Waals surface area contributed by atoms with Crippen molar-refractivity contribution in [1.82, 2.24) is 0 Å². The number of hydrogen-bond acceptors (Lipinski definition) is 4. The average Bonchev–Trinajstić information content (AvgIpc) is 2.29. The molecule has 1 aromatic rings. The van der Waals surface area contributed by atoms with Gasteiger partial charge in [0, 0.05) is 7.11 Å². The van der Waals surface area contributed by atoms with Gasteiger partial charge in [-0.05, 0) is 17.7 Å². The fraction of sp³-hybridized carbons (Fsp3) is 0.455. The van der Waals surface area contributed by atoms with Crippen LogP contribution in [0.5, 0.6) is 5.75 Å². The lowest BCUT2D eigenvalue weighted by Gasteiger charge is -2.09. The Bertz CT molecular complexity index is 270. The summed E-state index contributed by atoms with van der Waals surface area (Å²) in [6.45, 7) is 0.767. The number of aliphatic hydroxyl groups is 2. The third kappa shape index (κ3) is 3.87. The Balaban J connectivity index is 2.49. The molecule has 1 atom stereocenters. The lowest BCUT2D eigenvalue weighted by Crippen LogP contribution is -2.05. The number of aliphatic hydroxyl groups excluding tert-OH is 2. The van der Waals surface area contributed by atoms with Gasteiger partial charge in [0.25, 0.3) is 0 Å². The average molecular weight is 212 g/mol. The molecule has 0 heterocycles. The zero-order chi connectivity index (χ0) is 11.1. The highest BCUT2D eigenvalue weighted by Crippen LogP contribution is 2.17. The predicted molar refractivity (Wildman–Crippen MR) is 55.9 cm³/mol. The third-order valence-corrected chi connectivity index (χ3v) is 1.99. The Labute approximate surface area is 89.1 Å². The van der Waals surface area contributed by atoms with E-state index in [1.54, 1.807) is 31.4 Å². The highest BCUT2D eigenvalue weighted by atomic mass is 16.5. The molecule has 0 saturated heterocycles. The molecule has 2 N–H and O–H groups in total. The summed E-state index contributed by atoms with van der Waals surface area (Å²) in [5.74, 6) is 0.723. The second-order valence-corrected chi connectivity index (χ2v) is 3.11. The predicted octanol–water partition coefficient (Wildman–Crippen LogP) is 0.738. The third-order valence-electron chi connectivity index (χ3n) is 1.99. The summed E-state index contributed by atoms with van der Waals surface area (Å²) in [6.07, 6.45) is -0.821.